The van der Waals surface area contributed by atoms with E-state index in [0.717, 1.165) is 0 Å². The molecule has 3 nitrogen and oxygen atoms in total. The third-order valence-electron chi connectivity index (χ3n) is 0.727. The lowest BCUT2D eigenvalue weighted by Crippen LogP contribution is -2.19. The molecule has 0 spiro atoms. The molecule has 0 fully saturated rings. The summed E-state index contributed by atoms with van der Waals surface area (Å²) in [7, 11) is 1.83. The van der Waals surface area contributed by atoms with Crippen molar-refractivity contribution < 1.29 is 0 Å². The summed E-state index contributed by atoms with van der Waals surface area (Å²) in [5.74, 6) is 0. The molecule has 7 heavy (non-hydrogen) atoms. The summed E-state index contributed by atoms with van der Waals surface area (Å²) >= 11 is 0. The number of nitrogens with two attached hydrogens (primary N) is 1. The summed E-state index contributed by atoms with van der Waals surface area (Å²) in [6.45, 7) is 1.92. The van der Waals surface area contributed by atoms with Gasteiger partial charge in [0.25, 0.3) is 0 Å². The minimum atomic E-state index is 0.144. The second-order valence-corrected chi connectivity index (χ2v) is 1.26. The molecule has 0 aromatic rings. The maximum atomic E-state index is 4.97. The Hall–Kier alpha value is -0.570. The van der Waals surface area contributed by atoms with Gasteiger partial charge in [0, 0.05) is 0 Å². The Morgan fingerprint density at radius 3 is 2.57 bits per heavy atom. The molecule has 0 radical (unpaired) electrons. The van der Waals surface area contributed by atoms with Crippen LogP contribution in [0.5, 0.6) is 0 Å². The highest BCUT2D eigenvalue weighted by molar-refractivity contribution is 5.51. The molecule has 0 aliphatic rings. The zero-order chi connectivity index (χ0) is 5.70. The largest absolute Gasteiger partial charge is 0.390 e. The smallest absolute Gasteiger partial charge is 0.0980 e. The lowest BCUT2D eigenvalue weighted by molar-refractivity contribution is 0.643. The Balaban J connectivity index is 3.16. The summed E-state index contributed by atoms with van der Waals surface area (Å²) in [6.07, 6.45) is 1.44. The first-order chi connectivity index (χ1) is 3.31. The molecule has 0 aliphatic carbocycles. The minimum absolute atomic E-state index is 0.144. The fraction of sp³-hybridized carbons (Fsp3) is 0.750. The Kier molecular flexibility index (Phi) is 3.32. The van der Waals surface area contributed by atoms with Gasteiger partial charge in [-0.25, -0.2) is 0 Å². The summed E-state index contributed by atoms with van der Waals surface area (Å²) in [4.78, 5) is 3.78. The average Bonchev–Trinajstić information content (AvgIpc) is 1.68. The van der Waals surface area contributed by atoms with Crippen LogP contribution < -0.4 is 11.1 Å². The van der Waals surface area contributed by atoms with Crippen molar-refractivity contribution in [3.63, 3.8) is 0 Å². The van der Waals surface area contributed by atoms with Gasteiger partial charge in [-0.15, -0.1) is 0 Å². The molecule has 0 aliphatic heterocycles. The van der Waals surface area contributed by atoms with E-state index in [1.807, 2.05) is 14.0 Å². The van der Waals surface area contributed by atoms with Crippen molar-refractivity contribution in [1.29, 1.82) is 0 Å². The van der Waals surface area contributed by atoms with Crippen molar-refractivity contribution in [2.45, 2.75) is 13.1 Å². The van der Waals surface area contributed by atoms with Crippen molar-refractivity contribution in [2.24, 2.45) is 10.7 Å². The van der Waals surface area contributed by atoms with Crippen molar-refractivity contribution >= 4 is 6.34 Å². The van der Waals surface area contributed by atoms with Crippen LogP contribution in [0.1, 0.15) is 6.92 Å². The fourth-order valence-electron chi connectivity index (χ4n) is 0.204. The predicted octanol–water partition coefficient (Wildman–Crippen LogP) is -0.461. The third-order valence-corrected chi connectivity index (χ3v) is 0.727. The second-order valence-electron chi connectivity index (χ2n) is 1.26. The molecule has 0 saturated heterocycles. The van der Waals surface area contributed by atoms with Crippen LogP contribution in [0.2, 0.25) is 0 Å². The lowest BCUT2D eigenvalue weighted by atomic mass is 10.6. The summed E-state index contributed by atoms with van der Waals surface area (Å²) in [5.41, 5.74) is 4.97. The quantitative estimate of drug-likeness (QED) is 0.365. The summed E-state index contributed by atoms with van der Waals surface area (Å²) in [5, 5.41) is 2.89. The number of hydrogen-bond donors (Lipinski definition) is 2. The monoisotopic (exact) mass is 101 g/mol. The molecule has 1 atom stereocenters. The van der Waals surface area contributed by atoms with Gasteiger partial charge in [-0.3, -0.25) is 10.3 Å². The highest BCUT2D eigenvalue weighted by atomic mass is 15.0. The first-order valence-electron chi connectivity index (χ1n) is 2.22. The van der Waals surface area contributed by atoms with Gasteiger partial charge in [-0.05, 0) is 14.0 Å². The molecule has 0 rings (SSSR count). The fourth-order valence-corrected chi connectivity index (χ4v) is 0.204. The van der Waals surface area contributed by atoms with E-state index in [9.17, 15) is 0 Å². The molecule has 0 aromatic heterocycles. The van der Waals surface area contributed by atoms with E-state index in [4.69, 9.17) is 5.73 Å². The van der Waals surface area contributed by atoms with E-state index in [2.05, 4.69) is 10.3 Å². The molecule has 0 heterocycles. The standard InChI is InChI=1S/C4H11N3/c1-4(6-2)7-3-5/h3-4,6H,1-2H3,(H2,5,7)/t4-/m1/s1. The van der Waals surface area contributed by atoms with Gasteiger partial charge in [0.2, 0.25) is 0 Å². The third kappa shape index (κ3) is 3.26. The van der Waals surface area contributed by atoms with E-state index < -0.39 is 0 Å². The highest BCUT2D eigenvalue weighted by Crippen LogP contribution is 1.74. The number of rotatable bonds is 2. The van der Waals surface area contributed by atoms with Gasteiger partial charge in [0.05, 0.1) is 12.5 Å². The van der Waals surface area contributed by atoms with E-state index in [1.165, 1.54) is 6.34 Å². The van der Waals surface area contributed by atoms with Gasteiger partial charge in [0.15, 0.2) is 0 Å². The Labute approximate surface area is 43.6 Å². The maximum absolute atomic E-state index is 4.97. The minimum Gasteiger partial charge on any atom is -0.390 e. The molecule has 0 saturated carbocycles. The van der Waals surface area contributed by atoms with Crippen molar-refractivity contribution in [1.82, 2.24) is 5.32 Å². The summed E-state index contributed by atoms with van der Waals surface area (Å²) < 4.78 is 0. The zero-order valence-corrected chi connectivity index (χ0v) is 4.68. The topological polar surface area (TPSA) is 50.4 Å². The van der Waals surface area contributed by atoms with Crippen LogP contribution in [-0.2, 0) is 0 Å². The molecular formula is C4H11N3. The molecule has 3 N–H and O–H groups in total. The van der Waals surface area contributed by atoms with E-state index >= 15 is 0 Å². The van der Waals surface area contributed by atoms with Crippen LogP contribution in [0.3, 0.4) is 0 Å². The van der Waals surface area contributed by atoms with E-state index in [-0.39, 0.29) is 6.17 Å². The normalized spacial score (nSPS) is 15.1. The van der Waals surface area contributed by atoms with Crippen molar-refractivity contribution in [3.05, 3.63) is 0 Å². The van der Waals surface area contributed by atoms with Crippen LogP contribution in [0.25, 0.3) is 0 Å². The molecule has 0 unspecified atom stereocenters. The molecule has 42 valence electrons. The number of hydrogen-bond acceptors (Lipinski definition) is 2. The van der Waals surface area contributed by atoms with Crippen molar-refractivity contribution in [2.75, 3.05) is 7.05 Å². The van der Waals surface area contributed by atoms with Gasteiger partial charge in [-0.1, -0.05) is 0 Å². The average molecular weight is 101 g/mol. The maximum Gasteiger partial charge on any atom is 0.0980 e. The van der Waals surface area contributed by atoms with E-state index in [0.29, 0.717) is 0 Å². The first-order valence-corrected chi connectivity index (χ1v) is 2.22. The SMILES string of the molecule is CN[C@@H](C)/N=C\N. The second kappa shape index (κ2) is 3.61. The van der Waals surface area contributed by atoms with Crippen LogP contribution in [0.15, 0.2) is 4.99 Å². The van der Waals surface area contributed by atoms with Gasteiger partial charge >= 0.3 is 0 Å². The molecule has 0 bridgehead atoms. The lowest BCUT2D eigenvalue weighted by Gasteiger charge is -1.98. The molecule has 3 heteroatoms. The predicted molar refractivity (Wildman–Crippen MR) is 31.2 cm³/mol. The van der Waals surface area contributed by atoms with Crippen molar-refractivity contribution in [3.8, 4) is 0 Å². The Bertz CT molecular complexity index is 60.0. The van der Waals surface area contributed by atoms with Crippen LogP contribution in [0.4, 0.5) is 0 Å². The van der Waals surface area contributed by atoms with Gasteiger partial charge in [-0.2, -0.15) is 0 Å². The number of nitrogens with one attached hydrogen (secondary N) is 1. The van der Waals surface area contributed by atoms with E-state index in [1.54, 1.807) is 0 Å². The zero-order valence-electron chi connectivity index (χ0n) is 4.68. The molecule has 0 amide bonds. The number of nitrogens with zero attached hydrogens (tertiary/aromatic N) is 1. The highest BCUT2D eigenvalue weighted by Gasteiger charge is 1.84. The van der Waals surface area contributed by atoms with Gasteiger partial charge in [0.1, 0.15) is 0 Å². The molecular weight excluding hydrogens is 90.1 g/mol. The Morgan fingerprint density at radius 2 is 2.43 bits per heavy atom. The molecule has 0 aromatic carbocycles. The van der Waals surface area contributed by atoms with Crippen LogP contribution in [0, 0.1) is 0 Å². The van der Waals surface area contributed by atoms with Crippen LogP contribution in [-0.4, -0.2) is 19.6 Å². The summed E-state index contributed by atoms with van der Waals surface area (Å²) in [6, 6.07) is 0. The van der Waals surface area contributed by atoms with Gasteiger partial charge < -0.3 is 5.73 Å². The number of aliphatic imine (C=N–C) groups is 1. The van der Waals surface area contributed by atoms with Crippen LogP contribution >= 0.6 is 0 Å². The Morgan fingerprint density at radius 1 is 1.86 bits per heavy atom. The first kappa shape index (κ1) is 6.43.